The SMILES string of the molecule is Cc1cccc(CN2CC[C@@H](O)C2)c1F. The van der Waals surface area contributed by atoms with E-state index in [4.69, 9.17) is 0 Å². The van der Waals surface area contributed by atoms with Crippen molar-refractivity contribution in [2.24, 2.45) is 0 Å². The van der Waals surface area contributed by atoms with E-state index in [-0.39, 0.29) is 11.9 Å². The highest BCUT2D eigenvalue weighted by atomic mass is 19.1. The third kappa shape index (κ3) is 2.36. The molecule has 0 saturated carbocycles. The summed E-state index contributed by atoms with van der Waals surface area (Å²) in [6.45, 7) is 3.89. The van der Waals surface area contributed by atoms with Crippen molar-refractivity contribution in [3.63, 3.8) is 0 Å². The first kappa shape index (κ1) is 10.6. The van der Waals surface area contributed by atoms with Gasteiger partial charge in [-0.1, -0.05) is 18.2 Å². The molecule has 1 aliphatic heterocycles. The van der Waals surface area contributed by atoms with Crippen LogP contribution in [0.5, 0.6) is 0 Å². The van der Waals surface area contributed by atoms with Gasteiger partial charge < -0.3 is 5.11 Å². The van der Waals surface area contributed by atoms with E-state index in [1.807, 2.05) is 12.1 Å². The molecule has 1 heterocycles. The second-order valence-corrected chi connectivity index (χ2v) is 4.23. The number of benzene rings is 1. The molecular formula is C12H16FNO. The lowest BCUT2D eigenvalue weighted by Gasteiger charge is -2.15. The maximum Gasteiger partial charge on any atom is 0.130 e. The van der Waals surface area contributed by atoms with E-state index in [9.17, 15) is 9.50 Å². The Kier molecular flexibility index (Phi) is 3.03. The monoisotopic (exact) mass is 209 g/mol. The predicted octanol–water partition coefficient (Wildman–Crippen LogP) is 1.70. The van der Waals surface area contributed by atoms with Gasteiger partial charge in [0.2, 0.25) is 0 Å². The van der Waals surface area contributed by atoms with Crippen molar-refractivity contribution in [3.05, 3.63) is 35.1 Å². The average molecular weight is 209 g/mol. The fraction of sp³-hybridized carbons (Fsp3) is 0.500. The Labute approximate surface area is 89.3 Å². The Morgan fingerprint density at radius 2 is 2.33 bits per heavy atom. The molecule has 3 heteroatoms. The Hall–Kier alpha value is -0.930. The van der Waals surface area contributed by atoms with Crippen LogP contribution < -0.4 is 0 Å². The zero-order chi connectivity index (χ0) is 10.8. The summed E-state index contributed by atoms with van der Waals surface area (Å²) in [6, 6.07) is 5.46. The van der Waals surface area contributed by atoms with Crippen LogP contribution in [0, 0.1) is 12.7 Å². The Morgan fingerprint density at radius 1 is 1.53 bits per heavy atom. The Morgan fingerprint density at radius 3 is 3.00 bits per heavy atom. The molecule has 0 amide bonds. The largest absolute Gasteiger partial charge is 0.392 e. The minimum absolute atomic E-state index is 0.112. The van der Waals surface area contributed by atoms with Crippen molar-refractivity contribution in [2.75, 3.05) is 13.1 Å². The van der Waals surface area contributed by atoms with Crippen LogP contribution in [-0.2, 0) is 6.54 Å². The van der Waals surface area contributed by atoms with Crippen molar-refractivity contribution in [1.82, 2.24) is 4.90 Å². The molecule has 1 aromatic carbocycles. The van der Waals surface area contributed by atoms with Gasteiger partial charge in [0, 0.05) is 25.2 Å². The summed E-state index contributed by atoms with van der Waals surface area (Å²) in [5.74, 6) is -0.112. The lowest BCUT2D eigenvalue weighted by molar-refractivity contribution is 0.174. The minimum Gasteiger partial charge on any atom is -0.392 e. The number of likely N-dealkylation sites (tertiary alicyclic amines) is 1. The maximum atomic E-state index is 13.7. The van der Waals surface area contributed by atoms with E-state index in [2.05, 4.69) is 4.90 Å². The number of hydrogen-bond donors (Lipinski definition) is 1. The molecule has 0 aromatic heterocycles. The standard InChI is InChI=1S/C12H16FNO/c1-9-3-2-4-10(12(9)13)7-14-6-5-11(15)8-14/h2-4,11,15H,5-8H2,1H3/t11-/m1/s1. The van der Waals surface area contributed by atoms with Crippen LogP contribution in [0.2, 0.25) is 0 Å². The fourth-order valence-electron chi connectivity index (χ4n) is 2.03. The zero-order valence-electron chi connectivity index (χ0n) is 8.91. The number of halogens is 1. The van der Waals surface area contributed by atoms with E-state index >= 15 is 0 Å². The second-order valence-electron chi connectivity index (χ2n) is 4.23. The van der Waals surface area contributed by atoms with Gasteiger partial charge in [-0.15, -0.1) is 0 Å². The molecule has 1 N–H and O–H groups in total. The van der Waals surface area contributed by atoms with Crippen LogP contribution in [0.25, 0.3) is 0 Å². The van der Waals surface area contributed by atoms with Crippen LogP contribution in [0.15, 0.2) is 18.2 Å². The van der Waals surface area contributed by atoms with Crippen molar-refractivity contribution in [1.29, 1.82) is 0 Å². The third-order valence-corrected chi connectivity index (χ3v) is 2.91. The summed E-state index contributed by atoms with van der Waals surface area (Å²) in [6.07, 6.45) is 0.561. The molecular weight excluding hydrogens is 193 g/mol. The number of aliphatic hydroxyl groups is 1. The molecule has 1 aromatic rings. The summed E-state index contributed by atoms with van der Waals surface area (Å²) >= 11 is 0. The van der Waals surface area contributed by atoms with Gasteiger partial charge >= 0.3 is 0 Å². The molecule has 15 heavy (non-hydrogen) atoms. The fourth-order valence-corrected chi connectivity index (χ4v) is 2.03. The molecule has 1 saturated heterocycles. The number of hydrogen-bond acceptors (Lipinski definition) is 2. The Balaban J connectivity index is 2.07. The van der Waals surface area contributed by atoms with Gasteiger partial charge in [-0.3, -0.25) is 4.90 Å². The van der Waals surface area contributed by atoms with Gasteiger partial charge in [0.05, 0.1) is 6.10 Å². The van der Waals surface area contributed by atoms with Crippen LogP contribution in [-0.4, -0.2) is 29.2 Å². The minimum atomic E-state index is -0.238. The predicted molar refractivity (Wildman–Crippen MR) is 57.0 cm³/mol. The lowest BCUT2D eigenvalue weighted by atomic mass is 10.1. The normalized spacial score (nSPS) is 22.2. The molecule has 0 unspecified atom stereocenters. The lowest BCUT2D eigenvalue weighted by Crippen LogP contribution is -2.22. The molecule has 0 aliphatic carbocycles. The van der Waals surface area contributed by atoms with Gasteiger partial charge in [0.1, 0.15) is 5.82 Å². The average Bonchev–Trinajstić information content (AvgIpc) is 2.59. The highest BCUT2D eigenvalue weighted by Crippen LogP contribution is 2.17. The first-order valence-electron chi connectivity index (χ1n) is 5.31. The highest BCUT2D eigenvalue weighted by molar-refractivity contribution is 5.24. The van der Waals surface area contributed by atoms with Gasteiger partial charge in [0.15, 0.2) is 0 Å². The first-order chi connectivity index (χ1) is 7.16. The molecule has 2 rings (SSSR count). The Bertz CT molecular complexity index is 353. The van der Waals surface area contributed by atoms with Crippen LogP contribution >= 0.6 is 0 Å². The third-order valence-electron chi connectivity index (χ3n) is 2.91. The van der Waals surface area contributed by atoms with E-state index in [1.54, 1.807) is 13.0 Å². The summed E-state index contributed by atoms with van der Waals surface area (Å²) in [5, 5.41) is 9.37. The summed E-state index contributed by atoms with van der Waals surface area (Å²) in [4.78, 5) is 2.09. The van der Waals surface area contributed by atoms with Gasteiger partial charge in [-0.05, 0) is 18.9 Å². The molecule has 1 fully saturated rings. The van der Waals surface area contributed by atoms with Crippen LogP contribution in [0.3, 0.4) is 0 Å². The van der Waals surface area contributed by atoms with E-state index in [0.29, 0.717) is 18.7 Å². The molecule has 1 aliphatic rings. The number of nitrogens with zero attached hydrogens (tertiary/aromatic N) is 1. The smallest absolute Gasteiger partial charge is 0.130 e. The molecule has 2 nitrogen and oxygen atoms in total. The summed E-state index contributed by atoms with van der Waals surface area (Å²) in [7, 11) is 0. The maximum absolute atomic E-state index is 13.7. The highest BCUT2D eigenvalue weighted by Gasteiger charge is 2.21. The van der Waals surface area contributed by atoms with E-state index in [1.165, 1.54) is 0 Å². The van der Waals surface area contributed by atoms with Crippen molar-refractivity contribution >= 4 is 0 Å². The van der Waals surface area contributed by atoms with Crippen molar-refractivity contribution < 1.29 is 9.50 Å². The topological polar surface area (TPSA) is 23.5 Å². The van der Waals surface area contributed by atoms with Crippen LogP contribution in [0.1, 0.15) is 17.5 Å². The first-order valence-corrected chi connectivity index (χ1v) is 5.31. The van der Waals surface area contributed by atoms with Gasteiger partial charge in [0.25, 0.3) is 0 Å². The summed E-state index contributed by atoms with van der Waals surface area (Å²) in [5.41, 5.74) is 1.41. The van der Waals surface area contributed by atoms with Crippen molar-refractivity contribution in [3.8, 4) is 0 Å². The van der Waals surface area contributed by atoms with E-state index in [0.717, 1.165) is 18.5 Å². The molecule has 0 radical (unpaired) electrons. The zero-order valence-corrected chi connectivity index (χ0v) is 8.91. The van der Waals surface area contributed by atoms with Gasteiger partial charge in [-0.2, -0.15) is 0 Å². The number of aliphatic hydroxyl groups excluding tert-OH is 1. The quantitative estimate of drug-likeness (QED) is 0.801. The van der Waals surface area contributed by atoms with E-state index < -0.39 is 0 Å². The molecule has 0 spiro atoms. The molecule has 0 bridgehead atoms. The van der Waals surface area contributed by atoms with Crippen molar-refractivity contribution in [2.45, 2.75) is 26.0 Å². The van der Waals surface area contributed by atoms with Gasteiger partial charge in [-0.25, -0.2) is 4.39 Å². The molecule has 82 valence electrons. The number of rotatable bonds is 2. The number of β-amino-alcohol motifs (C(OH)–C–C–N with tert-alkyl or cyclic N) is 1. The summed E-state index contributed by atoms with van der Waals surface area (Å²) < 4.78 is 13.7. The number of aryl methyl sites for hydroxylation is 1. The van der Waals surface area contributed by atoms with Crippen LogP contribution in [0.4, 0.5) is 4.39 Å². The molecule has 1 atom stereocenters. The second kappa shape index (κ2) is 4.29.